The lowest BCUT2D eigenvalue weighted by atomic mass is 9.99. The molecule has 0 unspecified atom stereocenters. The van der Waals surface area contributed by atoms with Gasteiger partial charge in [0.05, 0.1) is 17.9 Å². The third-order valence-corrected chi connectivity index (χ3v) is 12.1. The Balaban J connectivity index is 3.15. The van der Waals surface area contributed by atoms with Gasteiger partial charge in [-0.25, -0.2) is 4.79 Å². The molecule has 1 aliphatic rings. The molecule has 0 spiro atoms. The first-order chi connectivity index (χ1) is 10.9. The number of esters is 1. The number of thioether (sulfide) groups is 1. The molecule has 1 fully saturated rings. The van der Waals surface area contributed by atoms with Crippen molar-refractivity contribution >= 4 is 31.9 Å². The van der Waals surface area contributed by atoms with Gasteiger partial charge >= 0.3 is 5.97 Å². The van der Waals surface area contributed by atoms with E-state index in [1.54, 1.807) is 6.92 Å². The van der Waals surface area contributed by atoms with Crippen LogP contribution in [0.15, 0.2) is 10.7 Å². The van der Waals surface area contributed by atoms with Crippen molar-refractivity contribution in [1.82, 2.24) is 4.57 Å². The zero-order valence-electron chi connectivity index (χ0n) is 16.1. The van der Waals surface area contributed by atoms with E-state index in [1.807, 2.05) is 11.5 Å². The van der Waals surface area contributed by atoms with E-state index in [4.69, 9.17) is 4.74 Å². The first-order valence-corrected chi connectivity index (χ1v) is 12.3. The van der Waals surface area contributed by atoms with Gasteiger partial charge < -0.3 is 14.4 Å². The Bertz CT molecular complexity index is 535. The number of nitrogens with zero attached hydrogens (tertiary/aromatic N) is 1. The van der Waals surface area contributed by atoms with Gasteiger partial charge in [-0.05, 0) is 25.3 Å². The number of amides is 1. The lowest BCUT2D eigenvalue weighted by molar-refractivity contribution is -0.143. The minimum Gasteiger partial charge on any atom is -0.511 e. The summed E-state index contributed by atoms with van der Waals surface area (Å²) in [6, 6.07) is 0. The molecule has 1 saturated heterocycles. The average molecular weight is 374 g/mol. The Morgan fingerprint density at radius 3 is 2.25 bits per heavy atom. The van der Waals surface area contributed by atoms with E-state index < -0.39 is 14.2 Å². The molecule has 1 N–H and O–H groups in total. The molecule has 1 aliphatic heterocycles. The highest BCUT2D eigenvalue weighted by molar-refractivity contribution is 8.04. The predicted molar refractivity (Wildman–Crippen MR) is 101 cm³/mol. The van der Waals surface area contributed by atoms with Crippen LogP contribution < -0.4 is 0 Å². The summed E-state index contributed by atoms with van der Waals surface area (Å²) in [5, 5.41) is 9.81. The van der Waals surface area contributed by atoms with E-state index in [0.717, 1.165) is 6.42 Å². The summed E-state index contributed by atoms with van der Waals surface area (Å²) in [5.74, 6) is -0.525. The molecule has 1 amide bonds. The van der Waals surface area contributed by atoms with Crippen molar-refractivity contribution < 1.29 is 19.4 Å². The molecule has 0 aromatic carbocycles. The number of hydrogen-bond acceptors (Lipinski definition) is 5. The molecule has 0 bridgehead atoms. The molecular weight excluding hydrogens is 342 g/mol. The topological polar surface area (TPSA) is 66.8 Å². The van der Waals surface area contributed by atoms with Crippen molar-refractivity contribution in [3.05, 3.63) is 10.7 Å². The van der Waals surface area contributed by atoms with Crippen LogP contribution in [0.2, 0.25) is 18.1 Å². The molecule has 5 nitrogen and oxygen atoms in total. The summed E-state index contributed by atoms with van der Waals surface area (Å²) in [6.07, 6.45) is 0.724. The molecule has 7 heteroatoms. The van der Waals surface area contributed by atoms with Crippen LogP contribution in [0.25, 0.3) is 0 Å². The smallest absolute Gasteiger partial charge is 0.348 e. The molecule has 138 valence electrons. The van der Waals surface area contributed by atoms with Crippen LogP contribution in [0, 0.1) is 5.92 Å². The second-order valence-corrected chi connectivity index (χ2v) is 13.9. The lowest BCUT2D eigenvalue weighted by Crippen LogP contribution is -2.71. The SMILES string of the molecule is CCOC(=O)/C(S[C@@H]1[C@@H](CC)C(=O)N1[Si](C)(C)C(C)(C)C)=C(/C)O. The first kappa shape index (κ1) is 21.1. The van der Waals surface area contributed by atoms with E-state index in [9.17, 15) is 14.7 Å². The molecule has 1 heterocycles. The number of ether oxygens (including phenoxy) is 1. The van der Waals surface area contributed by atoms with Gasteiger partial charge in [-0.1, -0.05) is 52.6 Å². The Hall–Kier alpha value is -0.953. The standard InChI is InChI=1S/C17H31NO4SSi/c1-9-12-14(20)18(24(7,8)17(4,5)6)15(12)23-13(11(3)19)16(21)22-10-2/h12,15,19H,9-10H2,1-8H3/b13-11+/t12-,15+/m0/s1. The van der Waals surface area contributed by atoms with E-state index in [1.165, 1.54) is 18.7 Å². The van der Waals surface area contributed by atoms with Crippen molar-refractivity contribution in [2.75, 3.05) is 6.61 Å². The molecule has 1 rings (SSSR count). The van der Waals surface area contributed by atoms with Gasteiger partial charge in [0.2, 0.25) is 5.91 Å². The predicted octanol–water partition coefficient (Wildman–Crippen LogP) is 4.27. The van der Waals surface area contributed by atoms with Crippen LogP contribution in [0.4, 0.5) is 0 Å². The second kappa shape index (κ2) is 7.52. The zero-order chi connectivity index (χ0) is 18.9. The molecular formula is C17H31NO4SSi. The zero-order valence-corrected chi connectivity index (χ0v) is 17.9. The quantitative estimate of drug-likeness (QED) is 0.248. The van der Waals surface area contributed by atoms with Gasteiger partial charge in [0.15, 0.2) is 8.24 Å². The van der Waals surface area contributed by atoms with Gasteiger partial charge in [0.1, 0.15) is 10.7 Å². The van der Waals surface area contributed by atoms with E-state index in [-0.39, 0.29) is 39.5 Å². The Morgan fingerprint density at radius 1 is 1.33 bits per heavy atom. The lowest BCUT2D eigenvalue weighted by Gasteiger charge is -2.58. The fraction of sp³-hybridized carbons (Fsp3) is 0.765. The van der Waals surface area contributed by atoms with Crippen molar-refractivity contribution in [2.45, 2.75) is 71.5 Å². The van der Waals surface area contributed by atoms with Gasteiger partial charge in [-0.2, -0.15) is 0 Å². The van der Waals surface area contributed by atoms with Crippen LogP contribution in [-0.4, -0.2) is 41.8 Å². The van der Waals surface area contributed by atoms with Crippen molar-refractivity contribution in [3.8, 4) is 0 Å². The summed E-state index contributed by atoms with van der Waals surface area (Å²) >= 11 is 1.27. The molecule has 24 heavy (non-hydrogen) atoms. The highest BCUT2D eigenvalue weighted by atomic mass is 32.2. The number of allylic oxidation sites excluding steroid dienone is 1. The minimum absolute atomic E-state index is 0.0161. The molecule has 0 aromatic heterocycles. The van der Waals surface area contributed by atoms with Gasteiger partial charge in [-0.3, -0.25) is 4.79 Å². The number of hydrogen-bond donors (Lipinski definition) is 1. The van der Waals surface area contributed by atoms with Crippen LogP contribution >= 0.6 is 11.8 Å². The summed E-state index contributed by atoms with van der Waals surface area (Å²) in [6.45, 7) is 16.3. The third-order valence-electron chi connectivity index (χ3n) is 5.06. The van der Waals surface area contributed by atoms with E-state index >= 15 is 0 Å². The normalized spacial score (nSPS) is 22.8. The molecule has 0 radical (unpaired) electrons. The maximum atomic E-state index is 12.7. The van der Waals surface area contributed by atoms with Crippen LogP contribution in [0.5, 0.6) is 0 Å². The number of β-lactam (4-membered cyclic amide) rings is 1. The first-order valence-electron chi connectivity index (χ1n) is 8.46. The van der Waals surface area contributed by atoms with E-state index in [2.05, 4.69) is 33.9 Å². The van der Waals surface area contributed by atoms with E-state index in [0.29, 0.717) is 0 Å². The Kier molecular flexibility index (Phi) is 6.60. The second-order valence-electron chi connectivity index (χ2n) is 7.68. The summed E-state index contributed by atoms with van der Waals surface area (Å²) in [5.41, 5.74) is 0. The van der Waals surface area contributed by atoms with Crippen molar-refractivity contribution in [1.29, 1.82) is 0 Å². The average Bonchev–Trinajstić information content (AvgIpc) is 2.41. The number of aliphatic hydroxyl groups excluding tert-OH is 1. The monoisotopic (exact) mass is 373 g/mol. The van der Waals surface area contributed by atoms with Gasteiger partial charge in [0.25, 0.3) is 0 Å². The maximum Gasteiger partial charge on any atom is 0.348 e. The number of carbonyl (C=O) groups excluding carboxylic acids is 2. The minimum atomic E-state index is -2.05. The summed E-state index contributed by atoms with van der Waals surface area (Å²) in [4.78, 5) is 25.0. The third kappa shape index (κ3) is 3.82. The highest BCUT2D eigenvalue weighted by Gasteiger charge is 2.57. The van der Waals surface area contributed by atoms with Crippen LogP contribution in [-0.2, 0) is 14.3 Å². The summed E-state index contributed by atoms with van der Waals surface area (Å²) in [7, 11) is -2.05. The molecule has 0 aromatic rings. The number of carbonyl (C=O) groups is 2. The Morgan fingerprint density at radius 2 is 1.88 bits per heavy atom. The summed E-state index contributed by atoms with van der Waals surface area (Å²) < 4.78 is 7.04. The Labute approximate surface area is 150 Å². The fourth-order valence-corrected chi connectivity index (χ4v) is 7.04. The number of aliphatic hydroxyl groups is 1. The number of rotatable bonds is 6. The largest absolute Gasteiger partial charge is 0.511 e. The van der Waals surface area contributed by atoms with Gasteiger partial charge in [0, 0.05) is 0 Å². The van der Waals surface area contributed by atoms with Gasteiger partial charge in [-0.15, -0.1) is 0 Å². The van der Waals surface area contributed by atoms with Crippen LogP contribution in [0.1, 0.15) is 48.0 Å². The molecule has 0 aliphatic carbocycles. The molecule has 0 saturated carbocycles. The highest BCUT2D eigenvalue weighted by Crippen LogP contribution is 2.50. The maximum absolute atomic E-state index is 12.7. The van der Waals surface area contributed by atoms with Crippen molar-refractivity contribution in [3.63, 3.8) is 0 Å². The van der Waals surface area contributed by atoms with Crippen molar-refractivity contribution in [2.24, 2.45) is 5.92 Å². The van der Waals surface area contributed by atoms with Crippen LogP contribution in [0.3, 0.4) is 0 Å². The molecule has 2 atom stereocenters. The fourth-order valence-electron chi connectivity index (χ4n) is 2.59.